The second kappa shape index (κ2) is 6.13. The third kappa shape index (κ3) is 2.79. The van der Waals surface area contributed by atoms with Crippen LogP contribution >= 0.6 is 0 Å². The highest BCUT2D eigenvalue weighted by Gasteiger charge is 2.19. The number of hydrogen-bond donors (Lipinski definition) is 2. The third-order valence-electron chi connectivity index (χ3n) is 4.08. The van der Waals surface area contributed by atoms with Gasteiger partial charge in [0.2, 0.25) is 0 Å². The van der Waals surface area contributed by atoms with Gasteiger partial charge >= 0.3 is 0 Å². The van der Waals surface area contributed by atoms with Gasteiger partial charge < -0.3 is 20.2 Å². The first kappa shape index (κ1) is 14.5. The molecule has 0 radical (unpaired) electrons. The molecule has 1 fully saturated rings. The molecule has 0 saturated heterocycles. The normalized spacial score (nSPS) is 15.0. The van der Waals surface area contributed by atoms with Crippen molar-refractivity contribution in [1.29, 1.82) is 0 Å². The predicted molar refractivity (Wildman–Crippen MR) is 84.2 cm³/mol. The summed E-state index contributed by atoms with van der Waals surface area (Å²) in [6.45, 7) is 0. The molecule has 0 bridgehead atoms. The van der Waals surface area contributed by atoms with Gasteiger partial charge in [-0.3, -0.25) is 4.79 Å². The van der Waals surface area contributed by atoms with Crippen LogP contribution in [0, 0.1) is 0 Å². The first-order valence-corrected chi connectivity index (χ1v) is 7.50. The Kier molecular flexibility index (Phi) is 4.04. The van der Waals surface area contributed by atoms with Crippen LogP contribution in [0.15, 0.2) is 30.6 Å². The van der Waals surface area contributed by atoms with Crippen LogP contribution in [0.4, 0.5) is 0 Å². The number of methoxy groups -OCH3 is 1. The smallest absolute Gasteiger partial charge is 0.250 e. The standard InChI is InChI=1S/C17H20N2O3/c1-21-15-7-6-11(13-9-19-10-14(13)17(18)20)8-16(15)22-12-4-2-3-5-12/h6-10,12,19H,2-5H2,1H3,(H2,18,20). The summed E-state index contributed by atoms with van der Waals surface area (Å²) in [7, 11) is 1.63. The summed E-state index contributed by atoms with van der Waals surface area (Å²) >= 11 is 0. The summed E-state index contributed by atoms with van der Waals surface area (Å²) in [6, 6.07) is 5.67. The van der Waals surface area contributed by atoms with E-state index >= 15 is 0 Å². The lowest BCUT2D eigenvalue weighted by Crippen LogP contribution is -2.12. The van der Waals surface area contributed by atoms with Gasteiger partial charge in [0.05, 0.1) is 18.8 Å². The van der Waals surface area contributed by atoms with Crippen molar-refractivity contribution in [3.05, 3.63) is 36.2 Å². The van der Waals surface area contributed by atoms with Crippen LogP contribution in [0.5, 0.6) is 11.5 Å². The zero-order valence-electron chi connectivity index (χ0n) is 12.6. The van der Waals surface area contributed by atoms with E-state index in [1.807, 2.05) is 18.2 Å². The number of primary amides is 1. The molecule has 1 aliphatic rings. The molecule has 1 amide bonds. The minimum atomic E-state index is -0.453. The fraction of sp³-hybridized carbons (Fsp3) is 0.353. The van der Waals surface area contributed by atoms with Gasteiger partial charge in [0.25, 0.3) is 5.91 Å². The minimum Gasteiger partial charge on any atom is -0.493 e. The molecular formula is C17H20N2O3. The van der Waals surface area contributed by atoms with E-state index in [4.69, 9.17) is 15.2 Å². The number of nitrogens with one attached hydrogen (secondary N) is 1. The van der Waals surface area contributed by atoms with Crippen molar-refractivity contribution in [1.82, 2.24) is 4.98 Å². The Morgan fingerprint density at radius 1 is 1.23 bits per heavy atom. The molecule has 3 N–H and O–H groups in total. The number of rotatable bonds is 5. The third-order valence-corrected chi connectivity index (χ3v) is 4.08. The Morgan fingerprint density at radius 3 is 2.68 bits per heavy atom. The number of hydrogen-bond acceptors (Lipinski definition) is 3. The summed E-state index contributed by atoms with van der Waals surface area (Å²) in [6.07, 6.45) is 8.17. The van der Waals surface area contributed by atoms with Gasteiger partial charge in [0, 0.05) is 18.0 Å². The van der Waals surface area contributed by atoms with Crippen molar-refractivity contribution in [3.8, 4) is 22.6 Å². The van der Waals surface area contributed by atoms with E-state index in [0.717, 1.165) is 24.0 Å². The Bertz CT molecular complexity index is 672. The average Bonchev–Trinajstić information content (AvgIpc) is 3.18. The molecule has 116 valence electrons. The molecule has 5 heteroatoms. The van der Waals surface area contributed by atoms with Crippen LogP contribution in [0.25, 0.3) is 11.1 Å². The van der Waals surface area contributed by atoms with Crippen molar-refractivity contribution in [3.63, 3.8) is 0 Å². The number of nitrogens with two attached hydrogens (primary N) is 1. The minimum absolute atomic E-state index is 0.242. The molecule has 1 aliphatic carbocycles. The Hall–Kier alpha value is -2.43. The van der Waals surface area contributed by atoms with Gasteiger partial charge in [-0.15, -0.1) is 0 Å². The SMILES string of the molecule is COc1ccc(-c2c[nH]cc2C(N)=O)cc1OC1CCCC1. The highest BCUT2D eigenvalue weighted by Crippen LogP contribution is 2.36. The first-order chi connectivity index (χ1) is 10.7. The highest BCUT2D eigenvalue weighted by molar-refractivity contribution is 5.99. The molecule has 1 heterocycles. The molecule has 0 atom stereocenters. The zero-order chi connectivity index (χ0) is 15.5. The van der Waals surface area contributed by atoms with E-state index in [1.54, 1.807) is 19.5 Å². The number of aromatic nitrogens is 1. The van der Waals surface area contributed by atoms with Crippen molar-refractivity contribution >= 4 is 5.91 Å². The van der Waals surface area contributed by atoms with Gasteiger partial charge in [-0.25, -0.2) is 0 Å². The molecule has 0 unspecified atom stereocenters. The molecule has 1 aromatic heterocycles. The maximum Gasteiger partial charge on any atom is 0.250 e. The number of carbonyl (C=O) groups is 1. The van der Waals surface area contributed by atoms with Gasteiger partial charge in [-0.1, -0.05) is 6.07 Å². The van der Waals surface area contributed by atoms with E-state index in [2.05, 4.69) is 4.98 Å². The second-order valence-electron chi connectivity index (χ2n) is 5.54. The molecule has 1 saturated carbocycles. The van der Waals surface area contributed by atoms with E-state index in [9.17, 15) is 4.79 Å². The largest absolute Gasteiger partial charge is 0.493 e. The lowest BCUT2D eigenvalue weighted by molar-refractivity contribution is 0.100. The van der Waals surface area contributed by atoms with Crippen LogP contribution in [0.3, 0.4) is 0 Å². The van der Waals surface area contributed by atoms with Crippen molar-refractivity contribution in [2.75, 3.05) is 7.11 Å². The second-order valence-corrected chi connectivity index (χ2v) is 5.54. The summed E-state index contributed by atoms with van der Waals surface area (Å²) in [4.78, 5) is 14.4. The number of ether oxygens (including phenoxy) is 2. The lowest BCUT2D eigenvalue weighted by Gasteiger charge is -2.17. The fourth-order valence-corrected chi connectivity index (χ4v) is 2.93. The highest BCUT2D eigenvalue weighted by atomic mass is 16.5. The fourth-order valence-electron chi connectivity index (χ4n) is 2.93. The molecule has 5 nitrogen and oxygen atoms in total. The van der Waals surface area contributed by atoms with Crippen LogP contribution < -0.4 is 15.2 Å². The summed E-state index contributed by atoms with van der Waals surface area (Å²) in [5, 5.41) is 0. The quantitative estimate of drug-likeness (QED) is 0.890. The number of aromatic amines is 1. The van der Waals surface area contributed by atoms with Crippen LogP contribution in [0.2, 0.25) is 0 Å². The van der Waals surface area contributed by atoms with E-state index in [1.165, 1.54) is 12.8 Å². The van der Waals surface area contributed by atoms with Crippen molar-refractivity contribution in [2.24, 2.45) is 5.73 Å². The molecule has 0 aliphatic heterocycles. The lowest BCUT2D eigenvalue weighted by atomic mass is 10.0. The van der Waals surface area contributed by atoms with Crippen LogP contribution in [0.1, 0.15) is 36.0 Å². The Labute approximate surface area is 129 Å². The summed E-state index contributed by atoms with van der Waals surface area (Å²) in [5.74, 6) is 0.959. The van der Waals surface area contributed by atoms with Gasteiger partial charge in [0.15, 0.2) is 11.5 Å². The van der Waals surface area contributed by atoms with Gasteiger partial charge in [-0.2, -0.15) is 0 Å². The first-order valence-electron chi connectivity index (χ1n) is 7.50. The Balaban J connectivity index is 1.95. The van der Waals surface area contributed by atoms with E-state index in [-0.39, 0.29) is 6.10 Å². The van der Waals surface area contributed by atoms with Crippen LogP contribution in [-0.2, 0) is 0 Å². The van der Waals surface area contributed by atoms with E-state index < -0.39 is 5.91 Å². The maximum atomic E-state index is 11.5. The van der Waals surface area contributed by atoms with Crippen molar-refractivity contribution < 1.29 is 14.3 Å². The maximum absolute atomic E-state index is 11.5. The summed E-state index contributed by atoms with van der Waals surface area (Å²) in [5.41, 5.74) is 7.53. The number of H-pyrrole nitrogens is 1. The number of carbonyl (C=O) groups excluding carboxylic acids is 1. The molecular weight excluding hydrogens is 280 g/mol. The molecule has 22 heavy (non-hydrogen) atoms. The van der Waals surface area contributed by atoms with Crippen LogP contribution in [-0.4, -0.2) is 24.1 Å². The monoisotopic (exact) mass is 300 g/mol. The van der Waals surface area contributed by atoms with Crippen molar-refractivity contribution in [2.45, 2.75) is 31.8 Å². The molecule has 1 aromatic carbocycles. The number of amides is 1. The number of benzene rings is 1. The topological polar surface area (TPSA) is 77.3 Å². The molecule has 0 spiro atoms. The summed E-state index contributed by atoms with van der Waals surface area (Å²) < 4.78 is 11.5. The Morgan fingerprint density at radius 2 is 2.00 bits per heavy atom. The molecule has 2 aromatic rings. The van der Waals surface area contributed by atoms with Gasteiger partial charge in [0.1, 0.15) is 0 Å². The van der Waals surface area contributed by atoms with Gasteiger partial charge in [-0.05, 0) is 43.4 Å². The van der Waals surface area contributed by atoms with E-state index in [0.29, 0.717) is 17.1 Å². The predicted octanol–water partition coefficient (Wildman–Crippen LogP) is 3.11. The average molecular weight is 300 g/mol. The molecule has 3 rings (SSSR count). The zero-order valence-corrected chi connectivity index (χ0v) is 12.6.